The van der Waals surface area contributed by atoms with Gasteiger partial charge in [0.25, 0.3) is 0 Å². The third-order valence-electron chi connectivity index (χ3n) is 2.77. The molecule has 2 rings (SSSR count). The van der Waals surface area contributed by atoms with Crippen LogP contribution in [0.5, 0.6) is 0 Å². The Morgan fingerprint density at radius 2 is 1.85 bits per heavy atom. The van der Waals surface area contributed by atoms with Gasteiger partial charge in [-0.25, -0.2) is 0 Å². The molecule has 0 aliphatic heterocycles. The van der Waals surface area contributed by atoms with E-state index in [0.29, 0.717) is 11.3 Å². The summed E-state index contributed by atoms with van der Waals surface area (Å²) in [5, 5.41) is 20.4. The van der Waals surface area contributed by atoms with E-state index in [0.717, 1.165) is 21.8 Å². The first-order chi connectivity index (χ1) is 9.60. The largest absolute Gasteiger partial charge is 0.481 e. The normalized spacial score (nSPS) is 11.6. The molecular weight excluding hydrogens is 281 g/mol. The summed E-state index contributed by atoms with van der Waals surface area (Å²) in [6.07, 6.45) is 0.0517. The van der Waals surface area contributed by atoms with Crippen molar-refractivity contribution in [1.29, 1.82) is 0 Å². The Morgan fingerprint density at radius 3 is 2.35 bits per heavy atom. The number of oxime groups is 1. The summed E-state index contributed by atoms with van der Waals surface area (Å²) >= 11 is 1.05. The predicted molar refractivity (Wildman–Crippen MR) is 74.9 cm³/mol. The second-order valence-corrected chi connectivity index (χ2v) is 5.16. The van der Waals surface area contributed by atoms with Crippen LogP contribution in [0.15, 0.2) is 41.6 Å². The molecule has 4 nitrogen and oxygen atoms in total. The maximum atomic E-state index is 13.0. The fourth-order valence-corrected chi connectivity index (χ4v) is 2.51. The van der Waals surface area contributed by atoms with Gasteiger partial charge in [-0.2, -0.15) is 4.39 Å². The first-order valence-electron chi connectivity index (χ1n) is 5.89. The maximum absolute atomic E-state index is 13.0. The Bertz CT molecular complexity index is 634. The molecule has 104 valence electrons. The molecule has 0 saturated carbocycles. The van der Waals surface area contributed by atoms with Crippen molar-refractivity contribution < 1.29 is 19.5 Å². The number of thiophene rings is 1. The van der Waals surface area contributed by atoms with Crippen molar-refractivity contribution >= 4 is 23.0 Å². The van der Waals surface area contributed by atoms with Gasteiger partial charge in [0.15, 0.2) is 5.13 Å². The Labute approximate surface area is 118 Å². The predicted octanol–water partition coefficient (Wildman–Crippen LogP) is 3.60. The minimum atomic E-state index is -0.947. The summed E-state index contributed by atoms with van der Waals surface area (Å²) in [5.74, 6) is -0.947. The lowest BCUT2D eigenvalue weighted by Crippen LogP contribution is -2.05. The van der Waals surface area contributed by atoms with E-state index in [9.17, 15) is 9.18 Å². The number of benzene rings is 1. The van der Waals surface area contributed by atoms with Crippen LogP contribution in [0.1, 0.15) is 18.4 Å². The lowest BCUT2D eigenvalue weighted by molar-refractivity contribution is -0.136. The van der Waals surface area contributed by atoms with Gasteiger partial charge in [-0.05, 0) is 23.3 Å². The van der Waals surface area contributed by atoms with Gasteiger partial charge in [-0.15, -0.1) is 11.3 Å². The second kappa shape index (κ2) is 6.29. The number of carboxylic acid groups (broad SMARTS) is 1. The zero-order chi connectivity index (χ0) is 14.5. The summed E-state index contributed by atoms with van der Waals surface area (Å²) in [4.78, 5) is 11.3. The SMILES string of the molecule is O=C(O)CCC(=NO)c1ccc(-c2ccc(F)s2)cc1. The molecule has 2 N–H and O–H groups in total. The molecule has 2 aromatic rings. The smallest absolute Gasteiger partial charge is 0.303 e. The zero-order valence-corrected chi connectivity index (χ0v) is 11.2. The van der Waals surface area contributed by atoms with Gasteiger partial charge in [-0.3, -0.25) is 4.79 Å². The van der Waals surface area contributed by atoms with Crippen LogP contribution < -0.4 is 0 Å². The van der Waals surface area contributed by atoms with Gasteiger partial charge < -0.3 is 10.3 Å². The van der Waals surface area contributed by atoms with Crippen molar-refractivity contribution in [2.45, 2.75) is 12.8 Å². The van der Waals surface area contributed by atoms with Crippen LogP contribution in [0.4, 0.5) is 4.39 Å². The molecule has 6 heteroatoms. The summed E-state index contributed by atoms with van der Waals surface area (Å²) < 4.78 is 13.0. The van der Waals surface area contributed by atoms with Crippen LogP contribution in [0, 0.1) is 5.13 Å². The molecule has 0 radical (unpaired) electrons. The summed E-state index contributed by atoms with van der Waals surface area (Å²) in [6, 6.07) is 10.1. The van der Waals surface area contributed by atoms with Crippen molar-refractivity contribution in [3.05, 3.63) is 47.1 Å². The van der Waals surface area contributed by atoms with Gasteiger partial charge in [0, 0.05) is 11.3 Å². The quantitative estimate of drug-likeness (QED) is 0.503. The number of carboxylic acids is 1. The topological polar surface area (TPSA) is 69.9 Å². The third kappa shape index (κ3) is 3.42. The molecule has 0 atom stereocenters. The maximum Gasteiger partial charge on any atom is 0.303 e. The summed E-state index contributed by atoms with van der Waals surface area (Å²) in [6.45, 7) is 0. The van der Waals surface area contributed by atoms with Crippen molar-refractivity contribution in [1.82, 2.24) is 0 Å². The zero-order valence-electron chi connectivity index (χ0n) is 10.4. The number of hydrogen-bond donors (Lipinski definition) is 2. The fraction of sp³-hybridized carbons (Fsp3) is 0.143. The molecule has 0 amide bonds. The molecule has 0 bridgehead atoms. The lowest BCUT2D eigenvalue weighted by Gasteiger charge is -2.04. The first kappa shape index (κ1) is 14.2. The van der Waals surface area contributed by atoms with Gasteiger partial charge in [-0.1, -0.05) is 29.4 Å². The molecule has 20 heavy (non-hydrogen) atoms. The van der Waals surface area contributed by atoms with Gasteiger partial charge in [0.2, 0.25) is 0 Å². The first-order valence-corrected chi connectivity index (χ1v) is 6.70. The van der Waals surface area contributed by atoms with Crippen LogP contribution in [0.3, 0.4) is 0 Å². The van der Waals surface area contributed by atoms with E-state index in [1.165, 1.54) is 6.07 Å². The van der Waals surface area contributed by atoms with E-state index >= 15 is 0 Å². The number of rotatable bonds is 5. The lowest BCUT2D eigenvalue weighted by atomic mass is 10.0. The van der Waals surface area contributed by atoms with Crippen molar-refractivity contribution in [2.75, 3.05) is 0 Å². The van der Waals surface area contributed by atoms with Crippen LogP contribution in [-0.4, -0.2) is 22.0 Å². The van der Waals surface area contributed by atoms with Gasteiger partial charge in [0.1, 0.15) is 0 Å². The highest BCUT2D eigenvalue weighted by molar-refractivity contribution is 7.13. The molecule has 0 saturated heterocycles. The second-order valence-electron chi connectivity index (χ2n) is 4.12. The van der Waals surface area contributed by atoms with E-state index in [1.54, 1.807) is 30.3 Å². The molecule has 0 fully saturated rings. The van der Waals surface area contributed by atoms with Crippen LogP contribution in [0.2, 0.25) is 0 Å². The molecule has 1 aromatic carbocycles. The molecule has 0 unspecified atom stereocenters. The molecule has 0 spiro atoms. The van der Waals surface area contributed by atoms with Crippen molar-refractivity contribution in [2.24, 2.45) is 5.16 Å². The van der Waals surface area contributed by atoms with Crippen LogP contribution in [0.25, 0.3) is 10.4 Å². The van der Waals surface area contributed by atoms with E-state index in [2.05, 4.69) is 5.16 Å². The number of aliphatic carboxylic acids is 1. The number of carbonyl (C=O) groups is 1. The summed E-state index contributed by atoms with van der Waals surface area (Å²) in [7, 11) is 0. The Hall–Kier alpha value is -2.21. The molecule has 1 heterocycles. The average molecular weight is 293 g/mol. The Kier molecular flexibility index (Phi) is 4.47. The number of nitrogens with zero attached hydrogens (tertiary/aromatic N) is 1. The highest BCUT2D eigenvalue weighted by Gasteiger charge is 2.08. The van der Waals surface area contributed by atoms with Gasteiger partial charge in [0.05, 0.1) is 12.1 Å². The minimum absolute atomic E-state index is 0.0999. The van der Waals surface area contributed by atoms with Gasteiger partial charge >= 0.3 is 5.97 Å². The molecule has 1 aromatic heterocycles. The van der Waals surface area contributed by atoms with Crippen molar-refractivity contribution in [3.63, 3.8) is 0 Å². The number of halogens is 1. The monoisotopic (exact) mass is 293 g/mol. The standard InChI is InChI=1S/C14H12FNO3S/c15-13-7-6-12(20-13)10-3-1-9(2-4-10)11(16-19)5-8-14(17)18/h1-4,6-7,19H,5,8H2,(H,17,18). The van der Waals surface area contributed by atoms with Crippen LogP contribution in [-0.2, 0) is 4.79 Å². The van der Waals surface area contributed by atoms with Crippen molar-refractivity contribution in [3.8, 4) is 10.4 Å². The minimum Gasteiger partial charge on any atom is -0.481 e. The number of hydrogen-bond acceptors (Lipinski definition) is 4. The van der Waals surface area contributed by atoms with E-state index in [-0.39, 0.29) is 18.0 Å². The van der Waals surface area contributed by atoms with E-state index in [1.807, 2.05) is 0 Å². The third-order valence-corrected chi connectivity index (χ3v) is 3.70. The van der Waals surface area contributed by atoms with Crippen LogP contribution >= 0.6 is 11.3 Å². The fourth-order valence-electron chi connectivity index (χ4n) is 1.77. The Balaban J connectivity index is 2.16. The molecule has 0 aliphatic rings. The highest BCUT2D eigenvalue weighted by atomic mass is 32.1. The molecule has 0 aliphatic carbocycles. The van der Waals surface area contributed by atoms with E-state index in [4.69, 9.17) is 10.3 Å². The summed E-state index contributed by atoms with van der Waals surface area (Å²) in [5.41, 5.74) is 1.82. The Morgan fingerprint density at radius 1 is 1.15 bits per heavy atom. The molecular formula is C14H12FNO3S. The average Bonchev–Trinajstić information content (AvgIpc) is 2.86. The highest BCUT2D eigenvalue weighted by Crippen LogP contribution is 2.27. The van der Waals surface area contributed by atoms with E-state index < -0.39 is 5.97 Å².